The van der Waals surface area contributed by atoms with Crippen molar-refractivity contribution in [3.8, 4) is 5.75 Å². The Morgan fingerprint density at radius 2 is 1.69 bits per heavy atom. The number of aryl methyl sites for hydroxylation is 1. The number of rotatable bonds is 10. The summed E-state index contributed by atoms with van der Waals surface area (Å²) in [6.45, 7) is 1.86. The second-order valence-corrected chi connectivity index (χ2v) is 9.41. The van der Waals surface area contributed by atoms with Gasteiger partial charge >= 0.3 is 5.97 Å². The third kappa shape index (κ3) is 7.32. The quantitative estimate of drug-likeness (QED) is 0.125. The highest BCUT2D eigenvalue weighted by Crippen LogP contribution is 2.23. The number of hydrogen-bond acceptors (Lipinski definition) is 3. The maximum atomic E-state index is 12.4. The lowest BCUT2D eigenvalue weighted by molar-refractivity contribution is -0.0000257. The van der Waals surface area contributed by atoms with E-state index < -0.39 is 0 Å². The highest BCUT2D eigenvalue weighted by molar-refractivity contribution is 5.90. The smallest absolute Gasteiger partial charge is 0.338 e. The highest BCUT2D eigenvalue weighted by atomic mass is 127. The first-order valence-corrected chi connectivity index (χ1v) is 11.7. The van der Waals surface area contributed by atoms with Gasteiger partial charge in [-0.15, -0.1) is 0 Å². The first-order chi connectivity index (χ1) is 16.4. The van der Waals surface area contributed by atoms with Crippen molar-refractivity contribution in [2.45, 2.75) is 26.0 Å². The number of hydrogen-bond donors (Lipinski definition) is 0. The molecule has 0 aliphatic carbocycles. The minimum absolute atomic E-state index is 0. The molecule has 4 rings (SSSR count). The van der Waals surface area contributed by atoms with Crippen LogP contribution in [0.2, 0.25) is 0 Å². The van der Waals surface area contributed by atoms with Crippen LogP contribution in [0.5, 0.6) is 5.75 Å². The van der Waals surface area contributed by atoms with E-state index in [0.29, 0.717) is 23.3 Å². The van der Waals surface area contributed by atoms with Crippen LogP contribution < -0.4 is 33.2 Å². The lowest BCUT2D eigenvalue weighted by atomic mass is 10.2. The Hall–Kier alpha value is -2.84. The van der Waals surface area contributed by atoms with Gasteiger partial charge in [-0.3, -0.25) is 4.48 Å². The van der Waals surface area contributed by atoms with Crippen LogP contribution in [0.15, 0.2) is 85.1 Å². The SMILES string of the molecule is C[N+](C)(C)c1cccc(C(=O)OCCCCn2ccc3cc(OCc4ccccc4)ccc32)c1.[I-]. The fourth-order valence-electron chi connectivity index (χ4n) is 3.89. The molecule has 1 aromatic heterocycles. The van der Waals surface area contributed by atoms with Crippen LogP contribution in [0, 0.1) is 0 Å². The molecule has 0 N–H and O–H groups in total. The largest absolute Gasteiger partial charge is 1.00 e. The van der Waals surface area contributed by atoms with E-state index in [2.05, 4.69) is 62.2 Å². The molecule has 35 heavy (non-hydrogen) atoms. The molecule has 0 saturated carbocycles. The number of nitrogens with zero attached hydrogens (tertiary/aromatic N) is 2. The molecule has 5 nitrogen and oxygen atoms in total. The molecule has 0 saturated heterocycles. The second kappa shape index (κ2) is 12.2. The van der Waals surface area contributed by atoms with Crippen LogP contribution in [0.25, 0.3) is 10.9 Å². The van der Waals surface area contributed by atoms with Gasteiger partial charge in [-0.25, -0.2) is 4.79 Å². The molecule has 4 aromatic rings. The van der Waals surface area contributed by atoms with E-state index in [1.807, 2.05) is 48.5 Å². The van der Waals surface area contributed by atoms with Crippen LogP contribution in [-0.2, 0) is 17.9 Å². The molecular formula is C29H33IN2O3. The lowest BCUT2D eigenvalue weighted by Gasteiger charge is -2.23. The van der Waals surface area contributed by atoms with Gasteiger partial charge in [0, 0.05) is 29.7 Å². The summed E-state index contributed by atoms with van der Waals surface area (Å²) in [6, 6.07) is 26.2. The number of aromatic nitrogens is 1. The van der Waals surface area contributed by atoms with Crippen LogP contribution in [-0.4, -0.2) is 38.3 Å². The number of fused-ring (bicyclic) bond motifs is 1. The zero-order chi connectivity index (χ0) is 24.0. The summed E-state index contributed by atoms with van der Waals surface area (Å²) in [6.07, 6.45) is 3.86. The first kappa shape index (κ1) is 26.8. The van der Waals surface area contributed by atoms with Crippen molar-refractivity contribution in [3.05, 3.63) is 96.2 Å². The molecule has 0 atom stereocenters. The van der Waals surface area contributed by atoms with E-state index in [9.17, 15) is 4.79 Å². The zero-order valence-electron chi connectivity index (χ0n) is 20.6. The normalized spacial score (nSPS) is 11.2. The Bertz CT molecular complexity index is 1250. The molecule has 1 heterocycles. The molecule has 6 heteroatoms. The van der Waals surface area contributed by atoms with Crippen molar-refractivity contribution in [1.29, 1.82) is 0 Å². The number of benzene rings is 3. The van der Waals surface area contributed by atoms with E-state index in [-0.39, 0.29) is 29.9 Å². The minimum Gasteiger partial charge on any atom is -1.00 e. The molecular weight excluding hydrogens is 551 g/mol. The molecule has 0 amide bonds. The fraction of sp³-hybridized carbons (Fsp3) is 0.276. The number of carbonyl (C=O) groups excluding carboxylic acids is 1. The van der Waals surface area contributed by atoms with Gasteiger partial charge in [0.05, 0.1) is 33.3 Å². The standard InChI is InChI=1S/C29H33N2O3.HI/c1-31(2,3)26-13-9-12-25(20-26)29(32)33-19-8-7-17-30-18-16-24-21-27(14-15-28(24)30)34-22-23-10-5-4-6-11-23;/h4-6,9-16,18,20-21H,7-8,17,19,22H2,1-3H3;1H/q+1;/p-1. The third-order valence-corrected chi connectivity index (χ3v) is 5.87. The highest BCUT2D eigenvalue weighted by Gasteiger charge is 2.15. The second-order valence-electron chi connectivity index (χ2n) is 9.41. The van der Waals surface area contributed by atoms with Crippen LogP contribution in [0.1, 0.15) is 28.8 Å². The summed E-state index contributed by atoms with van der Waals surface area (Å²) in [5.41, 5.74) is 4.01. The first-order valence-electron chi connectivity index (χ1n) is 11.7. The summed E-state index contributed by atoms with van der Waals surface area (Å²) >= 11 is 0. The maximum absolute atomic E-state index is 12.4. The van der Waals surface area contributed by atoms with Gasteiger partial charge in [-0.2, -0.15) is 0 Å². The van der Waals surface area contributed by atoms with Crippen molar-refractivity contribution < 1.29 is 38.2 Å². The summed E-state index contributed by atoms with van der Waals surface area (Å²) in [5, 5.41) is 1.16. The Morgan fingerprint density at radius 1 is 0.886 bits per heavy atom. The van der Waals surface area contributed by atoms with Crippen LogP contribution >= 0.6 is 0 Å². The summed E-state index contributed by atoms with van der Waals surface area (Å²) < 4.78 is 14.4. The molecule has 0 fully saturated rings. The number of carbonyl (C=O) groups is 1. The van der Waals surface area contributed by atoms with E-state index in [1.165, 1.54) is 5.52 Å². The molecule has 0 unspecified atom stereocenters. The molecule has 0 spiro atoms. The lowest BCUT2D eigenvalue weighted by Crippen LogP contribution is -3.00. The van der Waals surface area contributed by atoms with Gasteiger partial charge in [0.25, 0.3) is 0 Å². The summed E-state index contributed by atoms with van der Waals surface area (Å²) in [5.74, 6) is 0.611. The Balaban J connectivity index is 0.00000342. The van der Waals surface area contributed by atoms with Crippen LogP contribution in [0.4, 0.5) is 5.69 Å². The van der Waals surface area contributed by atoms with Gasteiger partial charge in [0.2, 0.25) is 0 Å². The summed E-state index contributed by atoms with van der Waals surface area (Å²) in [7, 11) is 6.23. The average Bonchev–Trinajstić information content (AvgIpc) is 3.25. The molecule has 3 aromatic carbocycles. The van der Waals surface area contributed by atoms with Gasteiger partial charge in [0.15, 0.2) is 0 Å². The van der Waals surface area contributed by atoms with E-state index in [0.717, 1.165) is 41.8 Å². The number of unbranched alkanes of at least 4 members (excludes halogenated alkanes) is 1. The van der Waals surface area contributed by atoms with Crippen molar-refractivity contribution in [2.24, 2.45) is 0 Å². The Kier molecular flexibility index (Phi) is 9.34. The molecule has 0 radical (unpaired) electrons. The van der Waals surface area contributed by atoms with Gasteiger partial charge < -0.3 is 38.0 Å². The summed E-state index contributed by atoms with van der Waals surface area (Å²) in [4.78, 5) is 12.4. The number of ether oxygens (including phenoxy) is 2. The Morgan fingerprint density at radius 3 is 2.46 bits per heavy atom. The Labute approximate surface area is 224 Å². The fourth-order valence-corrected chi connectivity index (χ4v) is 3.89. The van der Waals surface area contributed by atoms with Crippen molar-refractivity contribution in [2.75, 3.05) is 27.7 Å². The van der Waals surface area contributed by atoms with E-state index in [4.69, 9.17) is 9.47 Å². The average molecular weight is 584 g/mol. The van der Waals surface area contributed by atoms with Crippen molar-refractivity contribution in [3.63, 3.8) is 0 Å². The van der Waals surface area contributed by atoms with E-state index >= 15 is 0 Å². The number of quaternary nitrogens is 1. The predicted octanol–water partition coefficient (Wildman–Crippen LogP) is 3.06. The van der Waals surface area contributed by atoms with E-state index in [1.54, 1.807) is 0 Å². The monoisotopic (exact) mass is 584 g/mol. The number of halogens is 1. The van der Waals surface area contributed by atoms with Crippen molar-refractivity contribution in [1.82, 2.24) is 9.05 Å². The molecule has 184 valence electrons. The number of esters is 1. The van der Waals surface area contributed by atoms with Crippen molar-refractivity contribution >= 4 is 22.6 Å². The molecule has 0 aliphatic rings. The topological polar surface area (TPSA) is 40.5 Å². The molecule has 0 bridgehead atoms. The molecule has 0 aliphatic heterocycles. The van der Waals surface area contributed by atoms with Gasteiger partial charge in [-0.05, 0) is 54.8 Å². The third-order valence-electron chi connectivity index (χ3n) is 5.87. The van der Waals surface area contributed by atoms with Gasteiger partial charge in [0.1, 0.15) is 18.0 Å². The zero-order valence-corrected chi connectivity index (χ0v) is 22.8. The van der Waals surface area contributed by atoms with Crippen LogP contribution in [0.3, 0.4) is 0 Å². The predicted molar refractivity (Wildman–Crippen MR) is 138 cm³/mol. The maximum Gasteiger partial charge on any atom is 0.338 e. The minimum atomic E-state index is -0.259. The van der Waals surface area contributed by atoms with Gasteiger partial charge in [-0.1, -0.05) is 36.4 Å².